The van der Waals surface area contributed by atoms with Crippen molar-refractivity contribution in [2.45, 2.75) is 25.7 Å². The number of fused-ring (bicyclic) bond motifs is 1. The molecule has 0 saturated heterocycles. The zero-order chi connectivity index (χ0) is 11.7. The van der Waals surface area contributed by atoms with Gasteiger partial charge in [-0.3, -0.25) is 4.79 Å². The van der Waals surface area contributed by atoms with Crippen molar-refractivity contribution in [1.29, 1.82) is 0 Å². The first-order valence-electron chi connectivity index (χ1n) is 5.86. The molecule has 0 aromatic carbocycles. The van der Waals surface area contributed by atoms with Gasteiger partial charge in [0, 0.05) is 25.9 Å². The molecule has 2 saturated carbocycles. The maximum absolute atomic E-state index is 12.0. The van der Waals surface area contributed by atoms with Crippen molar-refractivity contribution >= 4 is 11.7 Å². The van der Waals surface area contributed by atoms with E-state index in [1.54, 1.807) is 11.9 Å². The number of hydrogen-bond acceptors (Lipinski definition) is 3. The number of rotatable bonds is 4. The maximum Gasteiger partial charge on any atom is 0.226 e. The van der Waals surface area contributed by atoms with Crippen LogP contribution in [0.15, 0.2) is 5.16 Å². The molecule has 0 spiro atoms. The first kappa shape index (κ1) is 11.2. The van der Waals surface area contributed by atoms with E-state index in [0.717, 1.165) is 0 Å². The highest BCUT2D eigenvalue weighted by molar-refractivity contribution is 5.84. The molecule has 0 bridgehead atoms. The van der Waals surface area contributed by atoms with Crippen LogP contribution >= 0.6 is 0 Å². The third kappa shape index (κ3) is 1.99. The Kier molecular flexibility index (Phi) is 3.03. The summed E-state index contributed by atoms with van der Waals surface area (Å²) in [5.74, 6) is 1.99. The van der Waals surface area contributed by atoms with Crippen molar-refractivity contribution in [3.05, 3.63) is 0 Å². The average molecular weight is 225 g/mol. The smallest absolute Gasteiger partial charge is 0.226 e. The van der Waals surface area contributed by atoms with E-state index in [-0.39, 0.29) is 17.7 Å². The molecule has 0 aromatic rings. The predicted octanol–water partition coefficient (Wildman–Crippen LogP) is 0.627. The molecule has 0 aliphatic heterocycles. The molecule has 90 valence electrons. The molecule has 5 nitrogen and oxygen atoms in total. The Morgan fingerprint density at radius 3 is 2.69 bits per heavy atom. The van der Waals surface area contributed by atoms with Crippen LogP contribution in [0.4, 0.5) is 0 Å². The van der Waals surface area contributed by atoms with Crippen molar-refractivity contribution in [3.63, 3.8) is 0 Å². The van der Waals surface area contributed by atoms with Gasteiger partial charge in [-0.2, -0.15) is 0 Å². The normalized spacial score (nSPS) is 32.3. The number of hydrogen-bond donors (Lipinski definition) is 2. The van der Waals surface area contributed by atoms with Crippen molar-refractivity contribution in [3.8, 4) is 0 Å². The summed E-state index contributed by atoms with van der Waals surface area (Å²) in [5, 5.41) is 11.3. The van der Waals surface area contributed by atoms with Crippen LogP contribution in [0, 0.1) is 17.8 Å². The van der Waals surface area contributed by atoms with Crippen LogP contribution in [-0.4, -0.2) is 35.4 Å². The zero-order valence-electron chi connectivity index (χ0n) is 9.59. The molecule has 0 heterocycles. The maximum atomic E-state index is 12.0. The summed E-state index contributed by atoms with van der Waals surface area (Å²) in [5.41, 5.74) is 5.37. The van der Waals surface area contributed by atoms with Crippen LogP contribution in [0.5, 0.6) is 0 Å². The van der Waals surface area contributed by atoms with Gasteiger partial charge in [-0.05, 0) is 24.7 Å². The first-order chi connectivity index (χ1) is 7.65. The summed E-state index contributed by atoms with van der Waals surface area (Å²) in [6.07, 6.45) is 4.15. The van der Waals surface area contributed by atoms with Crippen molar-refractivity contribution in [2.24, 2.45) is 28.6 Å². The fourth-order valence-corrected chi connectivity index (χ4v) is 2.88. The number of carbonyl (C=O) groups is 1. The van der Waals surface area contributed by atoms with Crippen LogP contribution in [0.2, 0.25) is 0 Å². The van der Waals surface area contributed by atoms with Crippen molar-refractivity contribution < 1.29 is 10.0 Å². The average Bonchev–Trinajstić information content (AvgIpc) is 2.77. The second-order valence-corrected chi connectivity index (χ2v) is 4.89. The van der Waals surface area contributed by atoms with Gasteiger partial charge in [0.25, 0.3) is 0 Å². The molecule has 3 N–H and O–H groups in total. The number of nitrogens with zero attached hydrogens (tertiary/aromatic N) is 2. The van der Waals surface area contributed by atoms with E-state index in [1.165, 1.54) is 19.3 Å². The van der Waals surface area contributed by atoms with Crippen LogP contribution in [-0.2, 0) is 4.79 Å². The van der Waals surface area contributed by atoms with Crippen LogP contribution in [0.25, 0.3) is 0 Å². The highest BCUT2D eigenvalue weighted by Crippen LogP contribution is 2.57. The Morgan fingerprint density at radius 2 is 2.12 bits per heavy atom. The number of oxime groups is 1. The zero-order valence-corrected chi connectivity index (χ0v) is 9.59. The lowest BCUT2D eigenvalue weighted by Crippen LogP contribution is -2.32. The van der Waals surface area contributed by atoms with Gasteiger partial charge in [-0.25, -0.2) is 0 Å². The first-order valence-corrected chi connectivity index (χ1v) is 5.86. The van der Waals surface area contributed by atoms with E-state index in [1.807, 2.05) is 0 Å². The second-order valence-electron chi connectivity index (χ2n) is 4.89. The summed E-state index contributed by atoms with van der Waals surface area (Å²) >= 11 is 0. The fraction of sp³-hybridized carbons (Fsp3) is 0.818. The standard InChI is InChI=1S/C11H19N3O2/c1-14(6-5-9(12)13-16)11(15)10-7-3-2-4-8(7)10/h7-8,10,16H,2-6H2,1H3,(H2,12,13). The number of nitrogens with two attached hydrogens (primary N) is 1. The molecule has 1 amide bonds. The molecule has 2 unspecified atom stereocenters. The Bertz CT molecular complexity index is 306. The monoisotopic (exact) mass is 225 g/mol. The molecular formula is C11H19N3O2. The Balaban J connectivity index is 1.77. The third-order valence-corrected chi connectivity index (χ3v) is 3.90. The lowest BCUT2D eigenvalue weighted by molar-refractivity contribution is -0.132. The highest BCUT2D eigenvalue weighted by atomic mass is 16.4. The van der Waals surface area contributed by atoms with Gasteiger partial charge in [0.15, 0.2) is 0 Å². The molecule has 0 aromatic heterocycles. The SMILES string of the molecule is CN(CCC(N)=NO)C(=O)C1C2CCCC21. The van der Waals surface area contributed by atoms with E-state index in [4.69, 9.17) is 10.9 Å². The minimum Gasteiger partial charge on any atom is -0.409 e. The summed E-state index contributed by atoms with van der Waals surface area (Å²) in [6, 6.07) is 0. The summed E-state index contributed by atoms with van der Waals surface area (Å²) < 4.78 is 0. The molecule has 2 aliphatic carbocycles. The van der Waals surface area contributed by atoms with E-state index in [0.29, 0.717) is 24.8 Å². The molecule has 2 fully saturated rings. The lowest BCUT2D eigenvalue weighted by Gasteiger charge is -2.17. The summed E-state index contributed by atoms with van der Waals surface area (Å²) in [6.45, 7) is 0.532. The minimum absolute atomic E-state index is 0.177. The summed E-state index contributed by atoms with van der Waals surface area (Å²) in [7, 11) is 1.79. The Labute approximate surface area is 95.3 Å². The van der Waals surface area contributed by atoms with Crippen molar-refractivity contribution in [1.82, 2.24) is 4.90 Å². The fourth-order valence-electron chi connectivity index (χ4n) is 2.88. The van der Waals surface area contributed by atoms with Gasteiger partial charge in [0.2, 0.25) is 5.91 Å². The van der Waals surface area contributed by atoms with Gasteiger partial charge in [-0.1, -0.05) is 11.6 Å². The van der Waals surface area contributed by atoms with Crippen LogP contribution < -0.4 is 5.73 Å². The highest BCUT2D eigenvalue weighted by Gasteiger charge is 2.57. The van der Waals surface area contributed by atoms with Gasteiger partial charge in [0.05, 0.1) is 0 Å². The molecular weight excluding hydrogens is 206 g/mol. The van der Waals surface area contributed by atoms with E-state index < -0.39 is 0 Å². The topological polar surface area (TPSA) is 78.9 Å². The van der Waals surface area contributed by atoms with Gasteiger partial charge in [-0.15, -0.1) is 0 Å². The molecule has 2 rings (SSSR count). The summed E-state index contributed by atoms with van der Waals surface area (Å²) in [4.78, 5) is 13.7. The number of carbonyl (C=O) groups excluding carboxylic acids is 1. The number of amidine groups is 1. The quantitative estimate of drug-likeness (QED) is 0.319. The third-order valence-electron chi connectivity index (χ3n) is 3.90. The molecule has 5 heteroatoms. The van der Waals surface area contributed by atoms with E-state index in [9.17, 15) is 4.79 Å². The Morgan fingerprint density at radius 1 is 1.50 bits per heavy atom. The van der Waals surface area contributed by atoms with Crippen molar-refractivity contribution in [2.75, 3.05) is 13.6 Å². The largest absolute Gasteiger partial charge is 0.409 e. The predicted molar refractivity (Wildman–Crippen MR) is 60.0 cm³/mol. The van der Waals surface area contributed by atoms with Crippen LogP contribution in [0.1, 0.15) is 25.7 Å². The van der Waals surface area contributed by atoms with Gasteiger partial charge >= 0.3 is 0 Å². The molecule has 2 aliphatic rings. The van der Waals surface area contributed by atoms with E-state index >= 15 is 0 Å². The van der Waals surface area contributed by atoms with E-state index in [2.05, 4.69) is 5.16 Å². The lowest BCUT2D eigenvalue weighted by atomic mass is 10.1. The van der Waals surface area contributed by atoms with Gasteiger partial charge in [0.1, 0.15) is 5.84 Å². The molecule has 2 atom stereocenters. The molecule has 0 radical (unpaired) electrons. The second kappa shape index (κ2) is 4.31. The van der Waals surface area contributed by atoms with Gasteiger partial charge < -0.3 is 15.8 Å². The minimum atomic E-state index is 0.177. The Hall–Kier alpha value is -1.26. The molecule has 16 heavy (non-hydrogen) atoms. The number of amides is 1. The van der Waals surface area contributed by atoms with Crippen LogP contribution in [0.3, 0.4) is 0 Å².